The van der Waals surface area contributed by atoms with Crippen LogP contribution in [-0.2, 0) is 21.7 Å². The Hall–Kier alpha value is -3.73. The lowest BCUT2D eigenvalue weighted by Gasteiger charge is -2.45. The second-order valence-electron chi connectivity index (χ2n) is 8.16. The van der Waals surface area contributed by atoms with Gasteiger partial charge in [0.25, 0.3) is 0 Å². The van der Waals surface area contributed by atoms with Crippen LogP contribution in [0.3, 0.4) is 0 Å². The molecule has 1 saturated heterocycles. The number of benzene rings is 1. The first-order chi connectivity index (χ1) is 16.3. The van der Waals surface area contributed by atoms with Crippen LogP contribution in [-0.4, -0.2) is 44.8 Å². The number of nitrogens with one attached hydrogen (secondary N) is 1. The first kappa shape index (κ1) is 22.1. The molecule has 0 unspecified atom stereocenters. The van der Waals surface area contributed by atoms with Crippen LogP contribution in [0.4, 0.5) is 25.1 Å². The van der Waals surface area contributed by atoms with Gasteiger partial charge in [0.05, 0.1) is 22.8 Å². The van der Waals surface area contributed by atoms with Crippen LogP contribution >= 0.6 is 11.6 Å². The zero-order chi connectivity index (χ0) is 24.0. The van der Waals surface area contributed by atoms with E-state index in [1.807, 2.05) is 0 Å². The van der Waals surface area contributed by atoms with Crippen LogP contribution in [0, 0.1) is 11.6 Å². The summed E-state index contributed by atoms with van der Waals surface area (Å²) in [5.41, 5.74) is 5.20. The molecule has 1 aromatic carbocycles. The molecule has 1 atom stereocenters. The van der Waals surface area contributed by atoms with Crippen molar-refractivity contribution < 1.29 is 23.1 Å². The number of carbonyl (C=O) groups excluding carboxylic acids is 2. The lowest BCUT2D eigenvalue weighted by molar-refractivity contribution is -0.140. The standard InChI is InChI=1S/C22H19ClF2N6O3/c23-12-4-5-14-18(19(12)25)22(34-21(33)28-14)6-2-8-30(11-22)17(32)10-31-16(26)9-15(29-31)20-13(24)3-1-7-27-20/h1,3-5,7,9H,2,6,8,10-11,26H2,(H,28,33)/t22-/m0/s1. The number of anilines is 2. The quantitative estimate of drug-likeness (QED) is 0.582. The van der Waals surface area contributed by atoms with E-state index in [1.165, 1.54) is 46.1 Å². The molecular formula is C22H19ClF2N6O3. The number of pyridine rings is 1. The number of rotatable bonds is 3. The Kier molecular flexibility index (Phi) is 5.35. The van der Waals surface area contributed by atoms with Crippen molar-refractivity contribution in [1.29, 1.82) is 0 Å². The first-order valence-corrected chi connectivity index (χ1v) is 10.9. The first-order valence-electron chi connectivity index (χ1n) is 10.5. The topological polar surface area (TPSA) is 115 Å². The van der Waals surface area contributed by atoms with Crippen LogP contribution in [0.15, 0.2) is 36.5 Å². The molecule has 0 saturated carbocycles. The molecule has 12 heteroatoms. The van der Waals surface area contributed by atoms with Crippen molar-refractivity contribution in [2.24, 2.45) is 0 Å². The number of hydrogen-bond acceptors (Lipinski definition) is 6. The monoisotopic (exact) mass is 488 g/mol. The van der Waals surface area contributed by atoms with Gasteiger partial charge in [-0.05, 0) is 37.1 Å². The van der Waals surface area contributed by atoms with Gasteiger partial charge in [-0.15, -0.1) is 0 Å². The van der Waals surface area contributed by atoms with Crippen LogP contribution < -0.4 is 11.1 Å². The van der Waals surface area contributed by atoms with Crippen molar-refractivity contribution in [1.82, 2.24) is 19.7 Å². The summed E-state index contributed by atoms with van der Waals surface area (Å²) in [7, 11) is 0. The Morgan fingerprint density at radius 2 is 2.15 bits per heavy atom. The molecule has 4 heterocycles. The molecule has 1 spiro atoms. The molecule has 2 amide bonds. The van der Waals surface area contributed by atoms with E-state index in [-0.39, 0.29) is 52.5 Å². The van der Waals surface area contributed by atoms with Gasteiger partial charge in [0.15, 0.2) is 17.2 Å². The molecule has 2 aliphatic rings. The van der Waals surface area contributed by atoms with Crippen molar-refractivity contribution in [3.05, 3.63) is 58.7 Å². The number of nitrogen functional groups attached to an aromatic ring is 1. The van der Waals surface area contributed by atoms with Crippen molar-refractivity contribution in [2.75, 3.05) is 24.1 Å². The number of ether oxygens (including phenoxy) is 1. The Balaban J connectivity index is 1.41. The maximum absolute atomic E-state index is 15.0. The van der Waals surface area contributed by atoms with Gasteiger partial charge in [-0.3, -0.25) is 15.1 Å². The molecule has 2 aromatic heterocycles. The Morgan fingerprint density at radius 1 is 1.32 bits per heavy atom. The van der Waals surface area contributed by atoms with Gasteiger partial charge in [-0.2, -0.15) is 5.10 Å². The molecule has 1 fully saturated rings. The van der Waals surface area contributed by atoms with Crippen LogP contribution in [0.1, 0.15) is 18.4 Å². The summed E-state index contributed by atoms with van der Waals surface area (Å²) in [6.07, 6.45) is 1.47. The average molecular weight is 489 g/mol. The summed E-state index contributed by atoms with van der Waals surface area (Å²) in [5.74, 6) is -1.49. The third kappa shape index (κ3) is 3.71. The maximum atomic E-state index is 15.0. The maximum Gasteiger partial charge on any atom is 0.412 e. The second-order valence-corrected chi connectivity index (χ2v) is 8.56. The molecule has 34 heavy (non-hydrogen) atoms. The van der Waals surface area contributed by atoms with Crippen molar-refractivity contribution in [3.8, 4) is 11.4 Å². The fourth-order valence-electron chi connectivity index (χ4n) is 4.46. The van der Waals surface area contributed by atoms with Gasteiger partial charge in [0, 0.05) is 18.8 Å². The Labute approximate surface area is 197 Å². The van der Waals surface area contributed by atoms with Gasteiger partial charge < -0.3 is 15.4 Å². The summed E-state index contributed by atoms with van der Waals surface area (Å²) < 4.78 is 35.9. The molecule has 0 aliphatic carbocycles. The summed E-state index contributed by atoms with van der Waals surface area (Å²) in [6, 6.07) is 6.99. The number of amides is 2. The number of nitrogens with two attached hydrogens (primary N) is 1. The molecule has 3 N–H and O–H groups in total. The summed E-state index contributed by atoms with van der Waals surface area (Å²) >= 11 is 5.99. The minimum absolute atomic E-state index is 0.0166. The predicted octanol–water partition coefficient (Wildman–Crippen LogP) is 3.54. The fourth-order valence-corrected chi connectivity index (χ4v) is 4.62. The van der Waals surface area contributed by atoms with E-state index in [4.69, 9.17) is 22.1 Å². The fraction of sp³-hybridized carbons (Fsp3) is 0.273. The third-order valence-electron chi connectivity index (χ3n) is 5.98. The van der Waals surface area contributed by atoms with E-state index in [2.05, 4.69) is 15.4 Å². The highest BCUT2D eigenvalue weighted by molar-refractivity contribution is 6.31. The number of likely N-dealkylation sites (tertiary alicyclic amines) is 1. The molecule has 0 radical (unpaired) electrons. The number of aromatic nitrogens is 3. The molecular weight excluding hydrogens is 470 g/mol. The Morgan fingerprint density at radius 3 is 2.94 bits per heavy atom. The second kappa shape index (κ2) is 8.24. The van der Waals surface area contributed by atoms with Gasteiger partial charge in [0.1, 0.15) is 23.8 Å². The highest BCUT2D eigenvalue weighted by Gasteiger charge is 2.48. The van der Waals surface area contributed by atoms with Crippen LogP contribution in [0.2, 0.25) is 5.02 Å². The SMILES string of the molecule is Nc1cc(-c2ncccc2F)nn1CC(=O)N1CCC[C@@]2(C1)OC(=O)Nc1ccc(Cl)c(F)c12. The zero-order valence-electron chi connectivity index (χ0n) is 17.7. The number of carbonyl (C=O) groups is 2. The van der Waals surface area contributed by atoms with Crippen LogP contribution in [0.25, 0.3) is 11.4 Å². The summed E-state index contributed by atoms with van der Waals surface area (Å²) in [4.78, 5) is 30.8. The van der Waals surface area contributed by atoms with Crippen molar-refractivity contribution in [3.63, 3.8) is 0 Å². The number of halogens is 3. The van der Waals surface area contributed by atoms with Crippen molar-refractivity contribution in [2.45, 2.75) is 25.0 Å². The summed E-state index contributed by atoms with van der Waals surface area (Å²) in [6.45, 7) is 0.0614. The minimum Gasteiger partial charge on any atom is -0.436 e. The third-order valence-corrected chi connectivity index (χ3v) is 6.27. The smallest absolute Gasteiger partial charge is 0.412 e. The molecule has 0 bridgehead atoms. The molecule has 176 valence electrons. The number of fused-ring (bicyclic) bond motifs is 2. The van der Waals surface area contributed by atoms with E-state index in [0.717, 1.165) is 0 Å². The van der Waals surface area contributed by atoms with E-state index in [1.54, 1.807) is 0 Å². The number of piperidine rings is 1. The van der Waals surface area contributed by atoms with Gasteiger partial charge in [0.2, 0.25) is 5.91 Å². The van der Waals surface area contributed by atoms with Crippen LogP contribution in [0.5, 0.6) is 0 Å². The summed E-state index contributed by atoms with van der Waals surface area (Å²) in [5, 5.41) is 6.59. The number of nitrogens with zero attached hydrogens (tertiary/aromatic N) is 4. The zero-order valence-corrected chi connectivity index (χ0v) is 18.5. The van der Waals surface area contributed by atoms with E-state index >= 15 is 4.39 Å². The highest BCUT2D eigenvalue weighted by atomic mass is 35.5. The predicted molar refractivity (Wildman–Crippen MR) is 119 cm³/mol. The van der Waals surface area contributed by atoms with Gasteiger partial charge in [-0.1, -0.05) is 11.6 Å². The highest BCUT2D eigenvalue weighted by Crippen LogP contribution is 2.45. The molecule has 5 rings (SSSR count). The van der Waals surface area contributed by atoms with Gasteiger partial charge >= 0.3 is 6.09 Å². The molecule has 9 nitrogen and oxygen atoms in total. The van der Waals surface area contributed by atoms with E-state index in [0.29, 0.717) is 19.4 Å². The van der Waals surface area contributed by atoms with E-state index < -0.39 is 23.3 Å². The van der Waals surface area contributed by atoms with E-state index in [9.17, 15) is 14.0 Å². The largest absolute Gasteiger partial charge is 0.436 e. The number of hydrogen-bond donors (Lipinski definition) is 2. The van der Waals surface area contributed by atoms with Crippen molar-refractivity contribution >= 4 is 35.1 Å². The molecule has 3 aromatic rings. The Bertz CT molecular complexity index is 1320. The average Bonchev–Trinajstić information content (AvgIpc) is 3.16. The molecule has 2 aliphatic heterocycles. The lowest BCUT2D eigenvalue weighted by atomic mass is 9.83. The normalized spacial score (nSPS) is 19.5. The lowest BCUT2D eigenvalue weighted by Crippen LogP contribution is -2.54. The van der Waals surface area contributed by atoms with Gasteiger partial charge in [-0.25, -0.2) is 18.3 Å². The minimum atomic E-state index is -1.38.